The van der Waals surface area contributed by atoms with Crippen LogP contribution < -0.4 is 14.5 Å². The van der Waals surface area contributed by atoms with Gasteiger partial charge in [0.15, 0.2) is 11.5 Å². The number of aromatic nitrogens is 4. The third-order valence-corrected chi connectivity index (χ3v) is 3.80. The lowest BCUT2D eigenvalue weighted by molar-refractivity contribution is -0.114. The van der Waals surface area contributed by atoms with Gasteiger partial charge in [-0.2, -0.15) is 15.3 Å². The third-order valence-electron chi connectivity index (χ3n) is 3.52. The second kappa shape index (κ2) is 7.52. The van der Waals surface area contributed by atoms with Crippen molar-refractivity contribution in [3.05, 3.63) is 28.3 Å². The molecule has 1 aliphatic rings. The van der Waals surface area contributed by atoms with Gasteiger partial charge in [0.25, 0.3) is 11.9 Å². The summed E-state index contributed by atoms with van der Waals surface area (Å²) >= 11 is 6.32. The number of ether oxygens (including phenoxy) is 2. The summed E-state index contributed by atoms with van der Waals surface area (Å²) in [6, 6.07) is 3.48. The maximum atomic E-state index is 12.6. The first kappa shape index (κ1) is 17.9. The van der Waals surface area contributed by atoms with Crippen molar-refractivity contribution in [1.82, 2.24) is 20.6 Å². The fourth-order valence-corrected chi connectivity index (χ4v) is 2.73. The summed E-state index contributed by atoms with van der Waals surface area (Å²) in [4.78, 5) is 12.6. The Labute approximate surface area is 154 Å². The van der Waals surface area contributed by atoms with E-state index in [0.717, 1.165) is 5.01 Å². The van der Waals surface area contributed by atoms with Gasteiger partial charge < -0.3 is 9.47 Å². The molecule has 0 saturated heterocycles. The Morgan fingerprint density at radius 2 is 2.04 bits per heavy atom. The zero-order chi connectivity index (χ0) is 18.7. The van der Waals surface area contributed by atoms with Crippen LogP contribution in [0, 0.1) is 0 Å². The normalized spacial score (nSPS) is 15.5. The summed E-state index contributed by atoms with van der Waals surface area (Å²) in [7, 11) is 0. The van der Waals surface area contributed by atoms with E-state index in [1.165, 1.54) is 0 Å². The van der Waals surface area contributed by atoms with Gasteiger partial charge >= 0.3 is 0 Å². The minimum atomic E-state index is -0.355. The first-order valence-corrected chi connectivity index (χ1v) is 8.37. The Kier molecular flexibility index (Phi) is 5.17. The fourth-order valence-electron chi connectivity index (χ4n) is 2.45. The predicted molar refractivity (Wildman–Crippen MR) is 96.5 cm³/mol. The number of hydrogen-bond acceptors (Lipinski definition) is 7. The second-order valence-electron chi connectivity index (χ2n) is 5.27. The van der Waals surface area contributed by atoms with Crippen LogP contribution in [0.5, 0.6) is 11.5 Å². The zero-order valence-electron chi connectivity index (χ0n) is 14.5. The molecule has 0 unspecified atom stereocenters. The van der Waals surface area contributed by atoms with Crippen molar-refractivity contribution in [2.24, 2.45) is 5.10 Å². The van der Waals surface area contributed by atoms with E-state index in [4.69, 9.17) is 21.1 Å². The van der Waals surface area contributed by atoms with Crippen molar-refractivity contribution in [1.29, 1.82) is 0 Å². The van der Waals surface area contributed by atoms with Crippen molar-refractivity contribution < 1.29 is 14.3 Å². The quantitative estimate of drug-likeness (QED) is 0.776. The zero-order valence-corrected chi connectivity index (χ0v) is 15.2. The summed E-state index contributed by atoms with van der Waals surface area (Å²) in [5.41, 5.74) is 1.62. The number of nitrogens with zero attached hydrogens (tertiary/aromatic N) is 5. The second-order valence-corrected chi connectivity index (χ2v) is 5.68. The van der Waals surface area contributed by atoms with Gasteiger partial charge in [-0.05, 0) is 49.8 Å². The van der Waals surface area contributed by atoms with Crippen LogP contribution >= 0.6 is 11.6 Å². The molecular weight excluding hydrogens is 360 g/mol. The molecule has 1 aromatic heterocycles. The number of H-pyrrole nitrogens is 1. The fraction of sp³-hybridized carbons (Fsp3) is 0.312. The van der Waals surface area contributed by atoms with E-state index in [-0.39, 0.29) is 11.9 Å². The van der Waals surface area contributed by atoms with Crippen LogP contribution in [-0.4, -0.2) is 45.5 Å². The number of aromatic amines is 1. The minimum absolute atomic E-state index is 0.0810. The molecule has 136 valence electrons. The average Bonchev–Trinajstić information content (AvgIpc) is 3.22. The highest BCUT2D eigenvalue weighted by molar-refractivity contribution is 6.33. The number of halogens is 1. The van der Waals surface area contributed by atoms with Crippen molar-refractivity contribution >= 4 is 35.2 Å². The Bertz CT molecular complexity index is 878. The molecule has 26 heavy (non-hydrogen) atoms. The first-order valence-electron chi connectivity index (χ1n) is 7.99. The SMILES string of the molecule is CCOc1cc(/C=C2\C(=O)N(c3nn[nH]n3)N=C2C)cc(Cl)c1OCC. The summed E-state index contributed by atoms with van der Waals surface area (Å²) in [6.07, 6.45) is 1.69. The van der Waals surface area contributed by atoms with E-state index >= 15 is 0 Å². The van der Waals surface area contributed by atoms with E-state index in [0.29, 0.717) is 46.6 Å². The Morgan fingerprint density at radius 1 is 1.27 bits per heavy atom. The average molecular weight is 377 g/mol. The number of hydrogen-bond donors (Lipinski definition) is 1. The molecule has 0 saturated carbocycles. The number of carbonyl (C=O) groups excluding carboxylic acids is 1. The molecule has 1 aromatic carbocycles. The standard InChI is InChI=1S/C16H17ClN6O3/c1-4-25-13-8-10(7-12(17)14(13)26-5-2)6-11-9(3)20-23(15(11)24)16-18-21-22-19-16/h6-8H,4-5H2,1-3H3,(H,18,19,21,22)/b11-6-. The van der Waals surface area contributed by atoms with E-state index in [9.17, 15) is 4.79 Å². The monoisotopic (exact) mass is 376 g/mol. The molecule has 0 fully saturated rings. The number of benzene rings is 1. The number of nitrogens with one attached hydrogen (secondary N) is 1. The third kappa shape index (κ3) is 3.38. The van der Waals surface area contributed by atoms with Crippen LogP contribution in [0.15, 0.2) is 22.8 Å². The van der Waals surface area contributed by atoms with Gasteiger partial charge in [-0.25, -0.2) is 0 Å². The highest BCUT2D eigenvalue weighted by Gasteiger charge is 2.31. The Morgan fingerprint density at radius 3 is 2.69 bits per heavy atom. The van der Waals surface area contributed by atoms with Crippen LogP contribution in [0.1, 0.15) is 26.3 Å². The lowest BCUT2D eigenvalue weighted by Crippen LogP contribution is -2.22. The molecule has 10 heteroatoms. The molecule has 0 aliphatic carbocycles. The van der Waals surface area contributed by atoms with Gasteiger partial charge in [-0.1, -0.05) is 16.7 Å². The molecular formula is C16H17ClN6O3. The topological polar surface area (TPSA) is 106 Å². The Balaban J connectivity index is 1.97. The van der Waals surface area contributed by atoms with E-state index in [1.807, 2.05) is 13.8 Å². The Hall–Kier alpha value is -2.94. The van der Waals surface area contributed by atoms with Gasteiger partial charge in [0.2, 0.25) is 0 Å². The van der Waals surface area contributed by atoms with Crippen molar-refractivity contribution in [3.8, 4) is 11.5 Å². The number of amides is 1. The molecule has 2 aromatic rings. The number of rotatable bonds is 6. The van der Waals surface area contributed by atoms with Crippen LogP contribution in [-0.2, 0) is 4.79 Å². The number of hydrazone groups is 1. The largest absolute Gasteiger partial charge is 0.490 e. The van der Waals surface area contributed by atoms with Crippen molar-refractivity contribution in [2.75, 3.05) is 18.2 Å². The smallest absolute Gasteiger partial charge is 0.293 e. The van der Waals surface area contributed by atoms with Crippen LogP contribution in [0.25, 0.3) is 6.08 Å². The summed E-state index contributed by atoms with van der Waals surface area (Å²) in [6.45, 7) is 6.38. The van der Waals surface area contributed by atoms with Gasteiger partial charge in [0, 0.05) is 0 Å². The summed E-state index contributed by atoms with van der Waals surface area (Å²) in [5.74, 6) is 0.725. The van der Waals surface area contributed by atoms with E-state index in [1.54, 1.807) is 25.1 Å². The van der Waals surface area contributed by atoms with Crippen molar-refractivity contribution in [2.45, 2.75) is 20.8 Å². The molecule has 3 rings (SSSR count). The lowest BCUT2D eigenvalue weighted by Gasteiger charge is -2.13. The van der Waals surface area contributed by atoms with Crippen LogP contribution in [0.4, 0.5) is 5.95 Å². The molecule has 0 spiro atoms. The maximum Gasteiger partial charge on any atom is 0.293 e. The lowest BCUT2D eigenvalue weighted by atomic mass is 10.1. The predicted octanol–water partition coefficient (Wildman–Crippen LogP) is 2.46. The minimum Gasteiger partial charge on any atom is -0.490 e. The molecule has 0 atom stereocenters. The van der Waals surface area contributed by atoms with Gasteiger partial charge in [-0.15, -0.1) is 5.10 Å². The summed E-state index contributed by atoms with van der Waals surface area (Å²) in [5, 5.41) is 18.9. The molecule has 2 heterocycles. The molecule has 1 N–H and O–H groups in total. The summed E-state index contributed by atoms with van der Waals surface area (Å²) < 4.78 is 11.2. The number of tetrazole rings is 1. The molecule has 1 aliphatic heterocycles. The van der Waals surface area contributed by atoms with Crippen molar-refractivity contribution in [3.63, 3.8) is 0 Å². The highest BCUT2D eigenvalue weighted by atomic mass is 35.5. The maximum absolute atomic E-state index is 12.6. The molecule has 1 amide bonds. The highest BCUT2D eigenvalue weighted by Crippen LogP contribution is 2.37. The molecule has 9 nitrogen and oxygen atoms in total. The first-order chi connectivity index (χ1) is 12.5. The van der Waals surface area contributed by atoms with Gasteiger partial charge in [0.05, 0.1) is 29.5 Å². The number of carbonyl (C=O) groups is 1. The van der Waals surface area contributed by atoms with Gasteiger partial charge in [-0.3, -0.25) is 4.79 Å². The molecule has 0 bridgehead atoms. The van der Waals surface area contributed by atoms with Crippen LogP contribution in [0.2, 0.25) is 5.02 Å². The van der Waals surface area contributed by atoms with Crippen LogP contribution in [0.3, 0.4) is 0 Å². The van der Waals surface area contributed by atoms with E-state index < -0.39 is 0 Å². The molecule has 0 radical (unpaired) electrons. The van der Waals surface area contributed by atoms with Gasteiger partial charge in [0.1, 0.15) is 0 Å². The number of anilines is 1. The van der Waals surface area contributed by atoms with E-state index in [2.05, 4.69) is 25.7 Å².